The summed E-state index contributed by atoms with van der Waals surface area (Å²) in [5, 5.41) is 10.7. The number of ether oxygens (including phenoxy) is 1. The Morgan fingerprint density at radius 1 is 1.30 bits per heavy atom. The van der Waals surface area contributed by atoms with Gasteiger partial charge in [0.2, 0.25) is 0 Å². The maximum atomic E-state index is 5.97. The number of aryl methyl sites for hydroxylation is 1. The molecule has 1 heterocycles. The molecule has 0 spiro atoms. The number of hydrogen-bond acceptors (Lipinski definition) is 3. The van der Waals surface area contributed by atoms with Gasteiger partial charge in [-0.1, -0.05) is 25.7 Å². The molecule has 1 aliphatic rings. The number of guanidine groups is 1. The van der Waals surface area contributed by atoms with Crippen molar-refractivity contribution in [2.45, 2.75) is 51.2 Å². The number of rotatable bonds is 6. The van der Waals surface area contributed by atoms with Gasteiger partial charge in [0.1, 0.15) is 0 Å². The van der Waals surface area contributed by atoms with Crippen molar-refractivity contribution in [3.05, 3.63) is 18.0 Å². The fraction of sp³-hybridized carbons (Fsp3) is 0.750. The molecule has 6 nitrogen and oxygen atoms in total. The quantitative estimate of drug-likeness (QED) is 0.237. The fourth-order valence-corrected chi connectivity index (χ4v) is 2.77. The molecule has 2 N–H and O–H groups in total. The van der Waals surface area contributed by atoms with E-state index >= 15 is 0 Å². The first-order valence-corrected chi connectivity index (χ1v) is 8.32. The highest BCUT2D eigenvalue weighted by Gasteiger charge is 2.12. The first kappa shape index (κ1) is 20.2. The van der Waals surface area contributed by atoms with E-state index in [-0.39, 0.29) is 24.0 Å². The van der Waals surface area contributed by atoms with Gasteiger partial charge >= 0.3 is 0 Å². The maximum absolute atomic E-state index is 5.97. The summed E-state index contributed by atoms with van der Waals surface area (Å²) in [5.74, 6) is 0.797. The highest BCUT2D eigenvalue weighted by atomic mass is 127. The second kappa shape index (κ2) is 11.7. The largest absolute Gasteiger partial charge is 0.376 e. The Bertz CT molecular complexity index is 455. The summed E-state index contributed by atoms with van der Waals surface area (Å²) in [5.41, 5.74) is 1.12. The average molecular weight is 435 g/mol. The molecule has 0 amide bonds. The van der Waals surface area contributed by atoms with Crippen molar-refractivity contribution < 1.29 is 4.74 Å². The second-order valence-corrected chi connectivity index (χ2v) is 5.78. The van der Waals surface area contributed by atoms with Crippen LogP contribution in [0.3, 0.4) is 0 Å². The summed E-state index contributed by atoms with van der Waals surface area (Å²) in [6, 6.07) is 2.00. The average Bonchev–Trinajstić information content (AvgIpc) is 2.77. The molecular weight excluding hydrogens is 405 g/mol. The summed E-state index contributed by atoms with van der Waals surface area (Å²) < 4.78 is 7.82. The third kappa shape index (κ3) is 7.52. The van der Waals surface area contributed by atoms with Crippen molar-refractivity contribution in [2.24, 2.45) is 12.0 Å². The zero-order chi connectivity index (χ0) is 15.6. The molecule has 2 rings (SSSR count). The first-order valence-electron chi connectivity index (χ1n) is 8.32. The molecule has 1 aliphatic carbocycles. The van der Waals surface area contributed by atoms with E-state index in [4.69, 9.17) is 4.74 Å². The van der Waals surface area contributed by atoms with Gasteiger partial charge in [-0.15, -0.1) is 24.0 Å². The minimum absolute atomic E-state index is 0. The van der Waals surface area contributed by atoms with E-state index in [1.54, 1.807) is 13.2 Å². The summed E-state index contributed by atoms with van der Waals surface area (Å²) in [7, 11) is 3.72. The highest BCUT2D eigenvalue weighted by molar-refractivity contribution is 14.0. The van der Waals surface area contributed by atoms with E-state index < -0.39 is 0 Å². The summed E-state index contributed by atoms with van der Waals surface area (Å²) in [6.07, 6.45) is 10.0. The number of aliphatic imine (C=N–C) groups is 1. The Kier molecular flexibility index (Phi) is 10.3. The van der Waals surface area contributed by atoms with Crippen molar-refractivity contribution in [3.8, 4) is 0 Å². The lowest BCUT2D eigenvalue weighted by Gasteiger charge is -2.16. The Morgan fingerprint density at radius 3 is 2.65 bits per heavy atom. The van der Waals surface area contributed by atoms with Gasteiger partial charge in [-0.05, 0) is 18.9 Å². The monoisotopic (exact) mass is 435 g/mol. The minimum atomic E-state index is 0. The van der Waals surface area contributed by atoms with Crippen molar-refractivity contribution in [1.82, 2.24) is 20.4 Å². The second-order valence-electron chi connectivity index (χ2n) is 5.78. The molecule has 0 aromatic carbocycles. The van der Waals surface area contributed by atoms with Gasteiger partial charge in [0.05, 0.1) is 24.9 Å². The molecule has 1 fully saturated rings. The lowest BCUT2D eigenvalue weighted by atomic mass is 10.1. The van der Waals surface area contributed by atoms with E-state index in [1.807, 2.05) is 17.8 Å². The van der Waals surface area contributed by atoms with Crippen LogP contribution in [-0.2, 0) is 18.3 Å². The van der Waals surface area contributed by atoms with Crippen LogP contribution in [0.5, 0.6) is 0 Å². The fourth-order valence-electron chi connectivity index (χ4n) is 2.77. The van der Waals surface area contributed by atoms with Crippen LogP contribution in [0.25, 0.3) is 0 Å². The van der Waals surface area contributed by atoms with Crippen LogP contribution >= 0.6 is 24.0 Å². The van der Waals surface area contributed by atoms with Gasteiger partial charge < -0.3 is 15.4 Å². The molecule has 0 atom stereocenters. The van der Waals surface area contributed by atoms with Gasteiger partial charge in [-0.3, -0.25) is 9.67 Å². The van der Waals surface area contributed by atoms with Gasteiger partial charge in [-0.2, -0.15) is 5.10 Å². The minimum Gasteiger partial charge on any atom is -0.376 e. The van der Waals surface area contributed by atoms with E-state index in [0.29, 0.717) is 12.6 Å². The molecule has 0 radical (unpaired) electrons. The van der Waals surface area contributed by atoms with Gasteiger partial charge in [0, 0.05) is 26.8 Å². The zero-order valence-electron chi connectivity index (χ0n) is 14.3. The topological polar surface area (TPSA) is 63.5 Å². The first-order chi connectivity index (χ1) is 10.8. The molecule has 1 aromatic heterocycles. The Morgan fingerprint density at radius 2 is 2.04 bits per heavy atom. The lowest BCUT2D eigenvalue weighted by Crippen LogP contribution is -2.39. The molecule has 23 heavy (non-hydrogen) atoms. The normalized spacial score (nSPS) is 16.5. The van der Waals surface area contributed by atoms with Gasteiger partial charge in [-0.25, -0.2) is 0 Å². The summed E-state index contributed by atoms with van der Waals surface area (Å²) in [4.78, 5) is 4.23. The van der Waals surface area contributed by atoms with Crippen LogP contribution in [0, 0.1) is 0 Å². The standard InChI is InChI=1S/C16H29N5O.HI/c1-17-16(19-13-14-9-10-20-21(14)2)18-11-12-22-15-7-5-3-4-6-8-15;/h9-10,15H,3-8,11-13H2,1-2H3,(H2,17,18,19);1H. The Labute approximate surface area is 156 Å². The lowest BCUT2D eigenvalue weighted by molar-refractivity contribution is 0.0468. The number of nitrogens with zero attached hydrogens (tertiary/aromatic N) is 3. The van der Waals surface area contributed by atoms with Crippen LogP contribution in [0.1, 0.15) is 44.2 Å². The molecule has 0 unspecified atom stereocenters. The maximum Gasteiger partial charge on any atom is 0.191 e. The van der Waals surface area contributed by atoms with E-state index in [1.165, 1.54) is 38.5 Å². The molecule has 7 heteroatoms. The molecular formula is C16H30IN5O. The van der Waals surface area contributed by atoms with Gasteiger partial charge in [0.15, 0.2) is 5.96 Å². The number of aromatic nitrogens is 2. The number of hydrogen-bond donors (Lipinski definition) is 2. The predicted octanol–water partition coefficient (Wildman–Crippen LogP) is 2.44. The van der Waals surface area contributed by atoms with Gasteiger partial charge in [0.25, 0.3) is 0 Å². The van der Waals surface area contributed by atoms with Crippen molar-refractivity contribution in [3.63, 3.8) is 0 Å². The molecule has 1 aromatic rings. The van der Waals surface area contributed by atoms with Crippen LogP contribution in [-0.4, -0.2) is 42.0 Å². The molecule has 1 saturated carbocycles. The molecule has 0 aliphatic heterocycles. The Hall–Kier alpha value is -0.830. The van der Waals surface area contributed by atoms with Crippen molar-refractivity contribution in [2.75, 3.05) is 20.2 Å². The Balaban J connectivity index is 0.00000264. The molecule has 0 saturated heterocycles. The van der Waals surface area contributed by atoms with Crippen molar-refractivity contribution in [1.29, 1.82) is 0 Å². The summed E-state index contributed by atoms with van der Waals surface area (Å²) >= 11 is 0. The van der Waals surface area contributed by atoms with E-state index in [0.717, 1.165) is 24.8 Å². The number of halogens is 1. The SMILES string of the molecule is CN=C(NCCOC1CCCCCC1)NCc1ccnn1C.I. The highest BCUT2D eigenvalue weighted by Crippen LogP contribution is 2.19. The zero-order valence-corrected chi connectivity index (χ0v) is 16.6. The third-order valence-electron chi connectivity index (χ3n) is 4.13. The number of nitrogens with one attached hydrogen (secondary N) is 2. The van der Waals surface area contributed by atoms with Crippen LogP contribution in [0.2, 0.25) is 0 Å². The van der Waals surface area contributed by atoms with Crippen LogP contribution < -0.4 is 10.6 Å². The van der Waals surface area contributed by atoms with Crippen LogP contribution in [0.15, 0.2) is 17.3 Å². The summed E-state index contributed by atoms with van der Waals surface area (Å²) in [6.45, 7) is 2.22. The molecule has 0 bridgehead atoms. The van der Waals surface area contributed by atoms with E-state index in [2.05, 4.69) is 20.7 Å². The predicted molar refractivity (Wildman–Crippen MR) is 104 cm³/mol. The van der Waals surface area contributed by atoms with E-state index in [9.17, 15) is 0 Å². The van der Waals surface area contributed by atoms with Crippen molar-refractivity contribution >= 4 is 29.9 Å². The third-order valence-corrected chi connectivity index (χ3v) is 4.13. The molecule has 132 valence electrons. The smallest absolute Gasteiger partial charge is 0.191 e. The van der Waals surface area contributed by atoms with Crippen LogP contribution in [0.4, 0.5) is 0 Å².